The van der Waals surface area contributed by atoms with E-state index >= 15 is 0 Å². The Hall–Kier alpha value is -1.71. The lowest BCUT2D eigenvalue weighted by atomic mass is 10.1. The predicted octanol–water partition coefficient (Wildman–Crippen LogP) is 1.84. The minimum atomic E-state index is -3.22. The standard InChI is InChI=1S/C14H18N4O3S2/c1-23(20,21)18-8-4-5-10(9-18)15-13(19)17-14-16-11-6-2-3-7-12(11)22-14/h2-3,6-7,10H,4-5,8-9H2,1H3,(H2,15,16,17,19). The van der Waals surface area contributed by atoms with E-state index in [9.17, 15) is 13.2 Å². The van der Waals surface area contributed by atoms with Crippen molar-refractivity contribution in [1.29, 1.82) is 0 Å². The summed E-state index contributed by atoms with van der Waals surface area (Å²) in [5, 5.41) is 6.07. The minimum absolute atomic E-state index is 0.187. The number of nitrogens with zero attached hydrogens (tertiary/aromatic N) is 2. The molecule has 0 radical (unpaired) electrons. The van der Waals surface area contributed by atoms with Crippen molar-refractivity contribution in [2.45, 2.75) is 18.9 Å². The highest BCUT2D eigenvalue weighted by Gasteiger charge is 2.26. The Kier molecular flexibility index (Phi) is 4.51. The van der Waals surface area contributed by atoms with Crippen molar-refractivity contribution in [1.82, 2.24) is 14.6 Å². The molecule has 1 fully saturated rings. The number of hydrogen-bond acceptors (Lipinski definition) is 5. The van der Waals surface area contributed by atoms with Gasteiger partial charge >= 0.3 is 6.03 Å². The molecule has 1 atom stereocenters. The molecule has 1 aromatic heterocycles. The molecule has 124 valence electrons. The second kappa shape index (κ2) is 6.42. The van der Waals surface area contributed by atoms with Crippen molar-refractivity contribution in [2.75, 3.05) is 24.7 Å². The van der Waals surface area contributed by atoms with Crippen molar-refractivity contribution in [2.24, 2.45) is 0 Å². The normalized spacial score (nSPS) is 19.6. The van der Waals surface area contributed by atoms with Gasteiger partial charge < -0.3 is 5.32 Å². The molecular formula is C14H18N4O3S2. The van der Waals surface area contributed by atoms with E-state index in [-0.39, 0.29) is 12.1 Å². The fraction of sp³-hybridized carbons (Fsp3) is 0.429. The zero-order chi connectivity index (χ0) is 16.4. The van der Waals surface area contributed by atoms with Gasteiger partial charge in [-0.3, -0.25) is 5.32 Å². The molecular weight excluding hydrogens is 336 g/mol. The monoisotopic (exact) mass is 354 g/mol. The Morgan fingerprint density at radius 1 is 1.39 bits per heavy atom. The maximum Gasteiger partial charge on any atom is 0.321 e. The van der Waals surface area contributed by atoms with Gasteiger partial charge in [-0.1, -0.05) is 23.5 Å². The number of aromatic nitrogens is 1. The van der Waals surface area contributed by atoms with Crippen LogP contribution in [0.3, 0.4) is 0 Å². The third-order valence-corrected chi connectivity index (χ3v) is 5.92. The summed E-state index contributed by atoms with van der Waals surface area (Å²) in [6.07, 6.45) is 2.69. The van der Waals surface area contributed by atoms with Gasteiger partial charge in [-0.05, 0) is 25.0 Å². The smallest absolute Gasteiger partial charge is 0.321 e. The van der Waals surface area contributed by atoms with Crippen LogP contribution in [0.5, 0.6) is 0 Å². The molecule has 2 aromatic rings. The predicted molar refractivity (Wildman–Crippen MR) is 91.2 cm³/mol. The fourth-order valence-electron chi connectivity index (χ4n) is 2.61. The second-order valence-electron chi connectivity index (χ2n) is 5.55. The lowest BCUT2D eigenvalue weighted by Gasteiger charge is -2.31. The lowest BCUT2D eigenvalue weighted by molar-refractivity contribution is 0.236. The van der Waals surface area contributed by atoms with Crippen LogP contribution in [-0.2, 0) is 10.0 Å². The average molecular weight is 354 g/mol. The summed E-state index contributed by atoms with van der Waals surface area (Å²) in [5.41, 5.74) is 0.841. The quantitative estimate of drug-likeness (QED) is 0.880. The van der Waals surface area contributed by atoms with E-state index in [2.05, 4.69) is 15.6 Å². The van der Waals surface area contributed by atoms with Crippen molar-refractivity contribution >= 4 is 42.7 Å². The molecule has 2 amide bonds. The second-order valence-corrected chi connectivity index (χ2v) is 8.56. The maximum absolute atomic E-state index is 12.1. The first-order valence-corrected chi connectivity index (χ1v) is 9.96. The van der Waals surface area contributed by atoms with E-state index in [1.807, 2.05) is 24.3 Å². The average Bonchev–Trinajstić information content (AvgIpc) is 2.88. The molecule has 0 aliphatic carbocycles. The summed E-state index contributed by atoms with van der Waals surface area (Å²) in [5.74, 6) is 0. The molecule has 23 heavy (non-hydrogen) atoms. The first-order valence-electron chi connectivity index (χ1n) is 7.30. The number of carbonyl (C=O) groups excluding carboxylic acids is 1. The van der Waals surface area contributed by atoms with Crippen molar-refractivity contribution in [3.05, 3.63) is 24.3 Å². The lowest BCUT2D eigenvalue weighted by Crippen LogP contribution is -2.50. The summed E-state index contributed by atoms with van der Waals surface area (Å²) >= 11 is 1.40. The topological polar surface area (TPSA) is 91.4 Å². The molecule has 2 N–H and O–H groups in total. The third kappa shape index (κ3) is 3.98. The molecule has 1 unspecified atom stereocenters. The van der Waals surface area contributed by atoms with Crippen molar-refractivity contribution in [3.8, 4) is 0 Å². The highest BCUT2D eigenvalue weighted by molar-refractivity contribution is 7.88. The molecule has 1 aliphatic rings. The fourth-order valence-corrected chi connectivity index (χ4v) is 4.38. The largest absolute Gasteiger partial charge is 0.334 e. The molecule has 0 spiro atoms. The van der Waals surface area contributed by atoms with Crippen LogP contribution in [0.1, 0.15) is 12.8 Å². The number of rotatable bonds is 3. The summed E-state index contributed by atoms with van der Waals surface area (Å²) < 4.78 is 25.6. The van der Waals surface area contributed by atoms with Crippen LogP contribution in [0.2, 0.25) is 0 Å². The number of para-hydroxylation sites is 1. The Labute approximate surface area is 138 Å². The van der Waals surface area contributed by atoms with Gasteiger partial charge in [-0.2, -0.15) is 0 Å². The van der Waals surface area contributed by atoms with Crippen LogP contribution in [0.15, 0.2) is 24.3 Å². The molecule has 7 nitrogen and oxygen atoms in total. The Bertz CT molecular complexity index is 785. The van der Waals surface area contributed by atoms with Crippen LogP contribution >= 0.6 is 11.3 Å². The van der Waals surface area contributed by atoms with E-state index in [0.717, 1.165) is 23.1 Å². The highest BCUT2D eigenvalue weighted by atomic mass is 32.2. The Morgan fingerprint density at radius 3 is 2.91 bits per heavy atom. The number of carbonyl (C=O) groups is 1. The first-order chi connectivity index (χ1) is 10.9. The SMILES string of the molecule is CS(=O)(=O)N1CCCC(NC(=O)Nc2nc3ccccc3s2)C1. The van der Waals surface area contributed by atoms with Crippen LogP contribution in [0.25, 0.3) is 10.2 Å². The minimum Gasteiger partial charge on any atom is -0.334 e. The number of hydrogen-bond donors (Lipinski definition) is 2. The van der Waals surface area contributed by atoms with Gasteiger partial charge in [-0.25, -0.2) is 22.5 Å². The van der Waals surface area contributed by atoms with Gasteiger partial charge in [0.1, 0.15) is 0 Å². The van der Waals surface area contributed by atoms with Gasteiger partial charge in [-0.15, -0.1) is 0 Å². The molecule has 1 aromatic carbocycles. The number of nitrogens with one attached hydrogen (secondary N) is 2. The Morgan fingerprint density at radius 2 is 2.17 bits per heavy atom. The van der Waals surface area contributed by atoms with E-state index in [0.29, 0.717) is 18.2 Å². The van der Waals surface area contributed by atoms with E-state index in [1.165, 1.54) is 21.9 Å². The zero-order valence-electron chi connectivity index (χ0n) is 12.7. The first kappa shape index (κ1) is 16.2. The molecule has 9 heteroatoms. The van der Waals surface area contributed by atoms with Crippen LogP contribution < -0.4 is 10.6 Å². The van der Waals surface area contributed by atoms with E-state index in [4.69, 9.17) is 0 Å². The van der Waals surface area contributed by atoms with Crippen LogP contribution in [0, 0.1) is 0 Å². The van der Waals surface area contributed by atoms with Crippen molar-refractivity contribution in [3.63, 3.8) is 0 Å². The van der Waals surface area contributed by atoms with Crippen molar-refractivity contribution < 1.29 is 13.2 Å². The van der Waals surface area contributed by atoms with E-state index in [1.54, 1.807) is 0 Å². The van der Waals surface area contributed by atoms with Crippen LogP contribution in [0.4, 0.5) is 9.93 Å². The van der Waals surface area contributed by atoms with Gasteiger partial charge in [0.15, 0.2) is 5.13 Å². The van der Waals surface area contributed by atoms with Crippen LogP contribution in [-0.4, -0.2) is 49.1 Å². The highest BCUT2D eigenvalue weighted by Crippen LogP contribution is 2.25. The molecule has 1 aliphatic heterocycles. The van der Waals surface area contributed by atoms with E-state index < -0.39 is 10.0 Å². The summed E-state index contributed by atoms with van der Waals surface area (Å²) in [4.78, 5) is 16.4. The number of thiazole rings is 1. The third-order valence-electron chi connectivity index (χ3n) is 3.70. The number of fused-ring (bicyclic) bond motifs is 1. The number of sulfonamides is 1. The molecule has 0 saturated carbocycles. The van der Waals surface area contributed by atoms with Gasteiger partial charge in [0.05, 0.1) is 16.5 Å². The number of piperidine rings is 1. The summed E-state index contributed by atoms with van der Waals surface area (Å²) in [6, 6.07) is 7.11. The molecule has 2 heterocycles. The number of amides is 2. The summed E-state index contributed by atoms with van der Waals surface area (Å²) in [6.45, 7) is 0.822. The Balaban J connectivity index is 1.60. The molecule has 1 saturated heterocycles. The summed E-state index contributed by atoms with van der Waals surface area (Å²) in [7, 11) is -3.22. The zero-order valence-corrected chi connectivity index (χ0v) is 14.3. The number of benzene rings is 1. The molecule has 0 bridgehead atoms. The molecule has 3 rings (SSSR count). The van der Waals surface area contributed by atoms with Gasteiger partial charge in [0, 0.05) is 19.1 Å². The number of anilines is 1. The maximum atomic E-state index is 12.1. The number of urea groups is 1. The van der Waals surface area contributed by atoms with Gasteiger partial charge in [0.2, 0.25) is 10.0 Å². The van der Waals surface area contributed by atoms with Gasteiger partial charge in [0.25, 0.3) is 0 Å².